The number of piperazine rings is 1. The van der Waals surface area contributed by atoms with Crippen molar-refractivity contribution >= 4 is 17.5 Å². The van der Waals surface area contributed by atoms with Crippen LogP contribution in [-0.4, -0.2) is 62.9 Å². The van der Waals surface area contributed by atoms with Crippen LogP contribution in [0.5, 0.6) is 0 Å². The molecule has 6 nitrogen and oxygen atoms in total. The molecule has 0 saturated carbocycles. The van der Waals surface area contributed by atoms with Crippen LogP contribution in [0.25, 0.3) is 5.69 Å². The van der Waals surface area contributed by atoms with Gasteiger partial charge in [0.1, 0.15) is 0 Å². The molecule has 0 aliphatic carbocycles. The van der Waals surface area contributed by atoms with E-state index in [1.54, 1.807) is 23.0 Å². The Labute approximate surface area is 146 Å². The van der Waals surface area contributed by atoms with Crippen LogP contribution in [0, 0.1) is 0 Å². The van der Waals surface area contributed by atoms with Crippen LogP contribution < -0.4 is 0 Å². The maximum Gasteiger partial charge on any atom is 0.276 e. The van der Waals surface area contributed by atoms with E-state index in [-0.39, 0.29) is 5.91 Å². The maximum atomic E-state index is 12.7. The molecule has 24 heavy (non-hydrogen) atoms. The van der Waals surface area contributed by atoms with Crippen LogP contribution in [0.4, 0.5) is 0 Å². The lowest BCUT2D eigenvalue weighted by Gasteiger charge is -2.43. The lowest BCUT2D eigenvalue weighted by molar-refractivity contribution is 0.0368. The Kier molecular flexibility index (Phi) is 4.24. The van der Waals surface area contributed by atoms with E-state index in [0.717, 1.165) is 25.3 Å². The number of amides is 1. The summed E-state index contributed by atoms with van der Waals surface area (Å²) in [5.74, 6) is -0.0274. The van der Waals surface area contributed by atoms with Gasteiger partial charge in [0.15, 0.2) is 5.69 Å². The van der Waals surface area contributed by atoms with E-state index in [1.165, 1.54) is 25.8 Å². The Bertz CT molecular complexity index is 729. The highest BCUT2D eigenvalue weighted by atomic mass is 35.5. The zero-order valence-corrected chi connectivity index (χ0v) is 14.2. The van der Waals surface area contributed by atoms with Gasteiger partial charge in [-0.05, 0) is 43.7 Å². The number of nitrogens with zero attached hydrogens (tertiary/aromatic N) is 5. The van der Waals surface area contributed by atoms with Crippen LogP contribution in [0.1, 0.15) is 29.8 Å². The molecule has 2 aliphatic rings. The summed E-state index contributed by atoms with van der Waals surface area (Å²) < 4.78 is 1.61. The molecule has 1 amide bonds. The van der Waals surface area contributed by atoms with Crippen molar-refractivity contribution in [1.29, 1.82) is 0 Å². The summed E-state index contributed by atoms with van der Waals surface area (Å²) in [6.45, 7) is 3.69. The fourth-order valence-electron chi connectivity index (χ4n) is 3.58. The Hall–Kier alpha value is -1.92. The van der Waals surface area contributed by atoms with Crippen LogP contribution in [0.2, 0.25) is 5.02 Å². The Morgan fingerprint density at radius 1 is 1.12 bits per heavy atom. The Morgan fingerprint density at radius 3 is 2.79 bits per heavy atom. The summed E-state index contributed by atoms with van der Waals surface area (Å²) in [6.07, 6.45) is 5.41. The molecule has 1 aromatic heterocycles. The molecule has 1 aromatic carbocycles. The van der Waals surface area contributed by atoms with Gasteiger partial charge in [-0.2, -0.15) is 0 Å². The van der Waals surface area contributed by atoms with E-state index >= 15 is 0 Å². The van der Waals surface area contributed by atoms with E-state index < -0.39 is 0 Å². The number of carbonyl (C=O) groups excluding carboxylic acids is 1. The minimum Gasteiger partial charge on any atom is -0.334 e. The summed E-state index contributed by atoms with van der Waals surface area (Å²) in [6, 6.07) is 7.80. The zero-order valence-electron chi connectivity index (χ0n) is 13.4. The van der Waals surface area contributed by atoms with Crippen LogP contribution in [-0.2, 0) is 0 Å². The lowest BCUT2D eigenvalue weighted by Crippen LogP contribution is -2.56. The van der Waals surface area contributed by atoms with Crippen molar-refractivity contribution in [2.45, 2.75) is 25.3 Å². The van der Waals surface area contributed by atoms with Crippen molar-refractivity contribution in [1.82, 2.24) is 24.8 Å². The topological polar surface area (TPSA) is 54.3 Å². The van der Waals surface area contributed by atoms with Crippen molar-refractivity contribution in [3.63, 3.8) is 0 Å². The van der Waals surface area contributed by atoms with Crippen molar-refractivity contribution in [2.75, 3.05) is 26.2 Å². The van der Waals surface area contributed by atoms with E-state index in [9.17, 15) is 4.79 Å². The summed E-state index contributed by atoms with van der Waals surface area (Å²) in [5, 5.41) is 8.82. The first-order chi connectivity index (χ1) is 11.7. The average molecular weight is 346 g/mol. The first kappa shape index (κ1) is 15.6. The second-order valence-corrected chi connectivity index (χ2v) is 6.90. The molecule has 0 unspecified atom stereocenters. The molecule has 4 rings (SSSR count). The summed E-state index contributed by atoms with van der Waals surface area (Å²) >= 11 is 5.90. The van der Waals surface area contributed by atoms with Crippen molar-refractivity contribution in [3.05, 3.63) is 41.2 Å². The van der Waals surface area contributed by atoms with Crippen LogP contribution >= 0.6 is 11.6 Å². The smallest absolute Gasteiger partial charge is 0.276 e. The average Bonchev–Trinajstić information content (AvgIpc) is 3.11. The number of carbonyl (C=O) groups is 1. The van der Waals surface area contributed by atoms with Gasteiger partial charge in [-0.3, -0.25) is 9.69 Å². The molecule has 0 bridgehead atoms. The molecule has 2 saturated heterocycles. The van der Waals surface area contributed by atoms with Gasteiger partial charge in [-0.15, -0.1) is 5.10 Å². The standard InChI is InChI=1S/C17H20ClN5O/c18-13-4-6-14(7-5-13)23-12-16(19-20-23)17(24)22-10-9-21-8-2-1-3-15(21)11-22/h4-7,12,15H,1-3,8-11H2/t15-/m0/s1. The van der Waals surface area contributed by atoms with E-state index in [0.29, 0.717) is 16.8 Å². The van der Waals surface area contributed by atoms with Gasteiger partial charge in [-0.25, -0.2) is 4.68 Å². The predicted molar refractivity (Wildman–Crippen MR) is 91.5 cm³/mol. The molecule has 2 aromatic rings. The van der Waals surface area contributed by atoms with E-state index in [1.807, 2.05) is 17.0 Å². The van der Waals surface area contributed by atoms with Gasteiger partial charge in [-0.1, -0.05) is 23.2 Å². The highest BCUT2D eigenvalue weighted by Crippen LogP contribution is 2.22. The highest BCUT2D eigenvalue weighted by molar-refractivity contribution is 6.30. The van der Waals surface area contributed by atoms with Crippen LogP contribution in [0.15, 0.2) is 30.5 Å². The molecule has 0 spiro atoms. The first-order valence-corrected chi connectivity index (χ1v) is 8.80. The third kappa shape index (κ3) is 3.03. The van der Waals surface area contributed by atoms with E-state index in [4.69, 9.17) is 11.6 Å². The quantitative estimate of drug-likeness (QED) is 0.837. The largest absolute Gasteiger partial charge is 0.334 e. The first-order valence-electron chi connectivity index (χ1n) is 8.42. The van der Waals surface area contributed by atoms with Gasteiger partial charge >= 0.3 is 0 Å². The Balaban J connectivity index is 1.48. The normalized spacial score (nSPS) is 21.5. The Morgan fingerprint density at radius 2 is 1.96 bits per heavy atom. The molecule has 2 fully saturated rings. The minimum atomic E-state index is -0.0274. The number of benzene rings is 1. The number of halogens is 1. The molecule has 126 valence electrons. The molecule has 3 heterocycles. The van der Waals surface area contributed by atoms with Gasteiger partial charge in [0.2, 0.25) is 0 Å². The summed E-state index contributed by atoms with van der Waals surface area (Å²) in [4.78, 5) is 17.2. The van der Waals surface area contributed by atoms with Crippen molar-refractivity contribution < 1.29 is 4.79 Å². The van der Waals surface area contributed by atoms with Gasteiger partial charge in [0, 0.05) is 30.7 Å². The SMILES string of the molecule is O=C(c1cn(-c2ccc(Cl)cc2)nn1)N1CCN2CCCC[C@H]2C1. The number of hydrogen-bond donors (Lipinski definition) is 0. The maximum absolute atomic E-state index is 12.7. The monoisotopic (exact) mass is 345 g/mol. The number of fused-ring (bicyclic) bond motifs is 1. The highest BCUT2D eigenvalue weighted by Gasteiger charge is 2.32. The molecule has 1 atom stereocenters. The minimum absolute atomic E-state index is 0.0274. The molecule has 0 radical (unpaired) electrons. The van der Waals surface area contributed by atoms with E-state index in [2.05, 4.69) is 15.2 Å². The van der Waals surface area contributed by atoms with Crippen molar-refractivity contribution in [2.24, 2.45) is 0 Å². The molecule has 2 aliphatic heterocycles. The summed E-state index contributed by atoms with van der Waals surface area (Å²) in [5.41, 5.74) is 1.23. The number of hydrogen-bond acceptors (Lipinski definition) is 4. The number of aromatic nitrogens is 3. The fourth-order valence-corrected chi connectivity index (χ4v) is 3.71. The predicted octanol–water partition coefficient (Wildman–Crippen LogP) is 2.23. The molecular weight excluding hydrogens is 326 g/mol. The van der Waals surface area contributed by atoms with Crippen LogP contribution in [0.3, 0.4) is 0 Å². The number of piperidine rings is 1. The molecular formula is C17H20ClN5O. The second kappa shape index (κ2) is 6.53. The van der Waals surface area contributed by atoms with Gasteiger partial charge < -0.3 is 4.90 Å². The zero-order chi connectivity index (χ0) is 16.5. The molecule has 0 N–H and O–H groups in total. The van der Waals surface area contributed by atoms with Crippen molar-refractivity contribution in [3.8, 4) is 5.69 Å². The molecule has 7 heteroatoms. The third-order valence-electron chi connectivity index (χ3n) is 4.93. The number of rotatable bonds is 2. The third-order valence-corrected chi connectivity index (χ3v) is 5.18. The fraction of sp³-hybridized carbons (Fsp3) is 0.471. The van der Waals surface area contributed by atoms with Gasteiger partial charge in [0.05, 0.1) is 11.9 Å². The summed E-state index contributed by atoms with van der Waals surface area (Å²) in [7, 11) is 0. The van der Waals surface area contributed by atoms with Gasteiger partial charge in [0.25, 0.3) is 5.91 Å². The second-order valence-electron chi connectivity index (χ2n) is 6.46. The lowest BCUT2D eigenvalue weighted by atomic mass is 9.99.